The highest BCUT2D eigenvalue weighted by atomic mass is 16.5. The first-order chi connectivity index (χ1) is 8.50. The van der Waals surface area contributed by atoms with E-state index in [1.54, 1.807) is 6.92 Å². The van der Waals surface area contributed by atoms with Gasteiger partial charge >= 0.3 is 5.97 Å². The van der Waals surface area contributed by atoms with E-state index in [2.05, 4.69) is 5.32 Å². The summed E-state index contributed by atoms with van der Waals surface area (Å²) in [4.78, 5) is 21.0. The molecule has 1 amide bonds. The number of rotatable bonds is 8. The summed E-state index contributed by atoms with van der Waals surface area (Å²) in [5, 5.41) is 11.8. The molecule has 7 heteroatoms. The number of carboxylic acid groups (broad SMARTS) is 1. The van der Waals surface area contributed by atoms with Crippen molar-refractivity contribution in [2.24, 2.45) is 5.73 Å². The predicted octanol–water partition coefficient (Wildman–Crippen LogP) is -0.122. The molecule has 0 fully saturated rings. The smallest absolute Gasteiger partial charge is 0.371 e. The Hall–Kier alpha value is -1.86. The molecule has 1 aromatic rings. The average Bonchev–Trinajstić information content (AvgIpc) is 2.65. The summed E-state index contributed by atoms with van der Waals surface area (Å²) >= 11 is 0. The van der Waals surface area contributed by atoms with Crippen molar-refractivity contribution in [3.63, 3.8) is 0 Å². The second-order valence-electron chi connectivity index (χ2n) is 3.69. The molecule has 0 aliphatic carbocycles. The van der Waals surface area contributed by atoms with Crippen LogP contribution in [-0.2, 0) is 16.1 Å². The second kappa shape index (κ2) is 6.77. The number of nitrogens with one attached hydrogen (secondary N) is 1. The Morgan fingerprint density at radius 3 is 2.83 bits per heavy atom. The molecule has 100 valence electrons. The first-order valence-corrected chi connectivity index (χ1v) is 5.40. The van der Waals surface area contributed by atoms with Crippen molar-refractivity contribution in [2.45, 2.75) is 13.5 Å². The normalized spacial score (nSPS) is 10.5. The summed E-state index contributed by atoms with van der Waals surface area (Å²) < 4.78 is 10.0. The van der Waals surface area contributed by atoms with Crippen LogP contribution in [0.4, 0.5) is 0 Å². The molecule has 1 rings (SSSR count). The molecule has 0 radical (unpaired) electrons. The number of carboxylic acids is 1. The minimum atomic E-state index is -1.09. The summed E-state index contributed by atoms with van der Waals surface area (Å²) in [6.07, 6.45) is 0. The number of carbonyl (C=O) groups excluding carboxylic acids is 1. The molecular formula is C11H16N2O5. The van der Waals surface area contributed by atoms with Gasteiger partial charge in [0.25, 0.3) is 0 Å². The Balaban J connectivity index is 2.27. The first-order valence-electron chi connectivity index (χ1n) is 5.40. The number of hydrogen-bond donors (Lipinski definition) is 3. The lowest BCUT2D eigenvalue weighted by molar-refractivity contribution is -0.122. The van der Waals surface area contributed by atoms with Gasteiger partial charge in [0.05, 0.1) is 6.61 Å². The van der Waals surface area contributed by atoms with Gasteiger partial charge in [-0.2, -0.15) is 0 Å². The number of amides is 1. The van der Waals surface area contributed by atoms with E-state index in [0.29, 0.717) is 25.5 Å². The Bertz CT molecular complexity index is 427. The van der Waals surface area contributed by atoms with Gasteiger partial charge in [0.15, 0.2) is 0 Å². The lowest BCUT2D eigenvalue weighted by Gasteiger charge is -2.03. The molecule has 0 atom stereocenters. The number of carbonyl (C=O) groups is 2. The molecule has 0 spiro atoms. The van der Waals surface area contributed by atoms with E-state index in [9.17, 15) is 9.59 Å². The van der Waals surface area contributed by atoms with E-state index >= 15 is 0 Å². The van der Waals surface area contributed by atoms with Crippen LogP contribution in [0.25, 0.3) is 0 Å². The number of furan rings is 1. The number of ether oxygens (including phenoxy) is 1. The number of aryl methyl sites for hydroxylation is 1. The van der Waals surface area contributed by atoms with Gasteiger partial charge in [-0.25, -0.2) is 4.79 Å². The van der Waals surface area contributed by atoms with Gasteiger partial charge in [0, 0.05) is 18.7 Å². The van der Waals surface area contributed by atoms with Crippen molar-refractivity contribution >= 4 is 11.9 Å². The molecule has 0 bridgehead atoms. The molecule has 0 saturated heterocycles. The van der Waals surface area contributed by atoms with Crippen LogP contribution < -0.4 is 11.1 Å². The third-order valence-corrected chi connectivity index (χ3v) is 2.21. The summed E-state index contributed by atoms with van der Waals surface area (Å²) in [7, 11) is 0. The van der Waals surface area contributed by atoms with Crippen LogP contribution >= 0.6 is 0 Å². The molecule has 1 heterocycles. The van der Waals surface area contributed by atoms with Crippen molar-refractivity contribution in [2.75, 3.05) is 19.8 Å². The highest BCUT2D eigenvalue weighted by Gasteiger charge is 2.12. The van der Waals surface area contributed by atoms with Crippen LogP contribution in [0.1, 0.15) is 21.9 Å². The van der Waals surface area contributed by atoms with Crippen LogP contribution in [-0.4, -0.2) is 36.7 Å². The van der Waals surface area contributed by atoms with Crippen LogP contribution in [0.15, 0.2) is 10.5 Å². The van der Waals surface area contributed by atoms with Gasteiger partial charge in [0.2, 0.25) is 11.7 Å². The van der Waals surface area contributed by atoms with Crippen molar-refractivity contribution in [1.82, 2.24) is 5.32 Å². The lowest BCUT2D eigenvalue weighted by Crippen LogP contribution is -2.23. The van der Waals surface area contributed by atoms with E-state index < -0.39 is 11.9 Å². The number of nitrogens with two attached hydrogens (primary N) is 1. The summed E-state index contributed by atoms with van der Waals surface area (Å²) in [5.74, 6) is -1.10. The molecule has 4 N–H and O–H groups in total. The molecule has 0 aliphatic heterocycles. The zero-order valence-electron chi connectivity index (χ0n) is 10.1. The Morgan fingerprint density at radius 2 is 2.28 bits per heavy atom. The summed E-state index contributed by atoms with van der Waals surface area (Å²) in [6, 6.07) is 1.48. The van der Waals surface area contributed by atoms with Crippen LogP contribution in [0, 0.1) is 6.92 Å². The van der Waals surface area contributed by atoms with Gasteiger partial charge in [0.1, 0.15) is 12.4 Å². The second-order valence-corrected chi connectivity index (χ2v) is 3.69. The summed E-state index contributed by atoms with van der Waals surface area (Å²) in [5.41, 5.74) is 5.68. The molecular weight excluding hydrogens is 240 g/mol. The van der Waals surface area contributed by atoms with Gasteiger partial charge in [-0.05, 0) is 13.0 Å². The molecule has 0 aliphatic rings. The van der Waals surface area contributed by atoms with Crippen LogP contribution in [0.2, 0.25) is 0 Å². The Labute approximate surface area is 104 Å². The molecule has 1 aromatic heterocycles. The third-order valence-electron chi connectivity index (χ3n) is 2.21. The van der Waals surface area contributed by atoms with Crippen molar-refractivity contribution in [3.05, 3.63) is 23.2 Å². The SMILES string of the molecule is Cc1oc(C(=O)O)cc1CNCCOCC(N)=O. The topological polar surface area (TPSA) is 115 Å². The molecule has 0 unspecified atom stereocenters. The van der Waals surface area contributed by atoms with Crippen LogP contribution in [0.5, 0.6) is 0 Å². The maximum atomic E-state index is 10.7. The predicted molar refractivity (Wildman–Crippen MR) is 62.1 cm³/mol. The van der Waals surface area contributed by atoms with E-state index in [4.69, 9.17) is 20.0 Å². The van der Waals surface area contributed by atoms with Gasteiger partial charge < -0.3 is 25.3 Å². The fourth-order valence-electron chi connectivity index (χ4n) is 1.34. The van der Waals surface area contributed by atoms with Crippen LogP contribution in [0.3, 0.4) is 0 Å². The lowest BCUT2D eigenvalue weighted by atomic mass is 10.2. The quantitative estimate of drug-likeness (QED) is 0.558. The van der Waals surface area contributed by atoms with E-state index in [1.165, 1.54) is 6.07 Å². The van der Waals surface area contributed by atoms with Gasteiger partial charge in [-0.15, -0.1) is 0 Å². The van der Waals surface area contributed by atoms with Gasteiger partial charge in [-0.3, -0.25) is 4.79 Å². The fourth-order valence-corrected chi connectivity index (χ4v) is 1.34. The Kier molecular flexibility index (Phi) is 5.34. The van der Waals surface area contributed by atoms with E-state index in [1.807, 2.05) is 0 Å². The average molecular weight is 256 g/mol. The third kappa shape index (κ3) is 4.56. The summed E-state index contributed by atoms with van der Waals surface area (Å²) in [6.45, 7) is 2.96. The number of primary amides is 1. The Morgan fingerprint density at radius 1 is 1.56 bits per heavy atom. The largest absolute Gasteiger partial charge is 0.475 e. The maximum Gasteiger partial charge on any atom is 0.371 e. The van der Waals surface area contributed by atoms with Crippen molar-refractivity contribution < 1.29 is 23.8 Å². The minimum absolute atomic E-state index is 0.0747. The molecule has 0 saturated carbocycles. The zero-order valence-corrected chi connectivity index (χ0v) is 10.1. The number of hydrogen-bond acceptors (Lipinski definition) is 5. The molecule has 18 heavy (non-hydrogen) atoms. The molecule has 7 nitrogen and oxygen atoms in total. The zero-order chi connectivity index (χ0) is 13.5. The van der Waals surface area contributed by atoms with Crippen molar-refractivity contribution in [1.29, 1.82) is 0 Å². The highest BCUT2D eigenvalue weighted by Crippen LogP contribution is 2.14. The maximum absolute atomic E-state index is 10.7. The van der Waals surface area contributed by atoms with E-state index in [0.717, 1.165) is 5.56 Å². The highest BCUT2D eigenvalue weighted by molar-refractivity contribution is 5.84. The minimum Gasteiger partial charge on any atom is -0.475 e. The first kappa shape index (κ1) is 14.2. The van der Waals surface area contributed by atoms with Gasteiger partial charge in [-0.1, -0.05) is 0 Å². The monoisotopic (exact) mass is 256 g/mol. The number of aromatic carboxylic acids is 1. The standard InChI is InChI=1S/C11H16N2O5/c1-7-8(4-9(18-7)11(15)16)5-13-2-3-17-6-10(12)14/h4,13H,2-3,5-6H2,1H3,(H2,12,14)(H,15,16). The molecule has 0 aromatic carbocycles. The van der Waals surface area contributed by atoms with E-state index in [-0.39, 0.29) is 12.4 Å². The van der Waals surface area contributed by atoms with Crippen molar-refractivity contribution in [3.8, 4) is 0 Å². The fraction of sp³-hybridized carbons (Fsp3) is 0.455.